The number of nitrogens with one attached hydrogen (secondary N) is 3. The summed E-state index contributed by atoms with van der Waals surface area (Å²) >= 11 is 5.90. The van der Waals surface area contributed by atoms with E-state index in [-0.39, 0.29) is 24.4 Å². The largest absolute Gasteiger partial charge is 0.376 e. The van der Waals surface area contributed by atoms with Gasteiger partial charge < -0.3 is 16.0 Å². The van der Waals surface area contributed by atoms with Gasteiger partial charge in [-0.3, -0.25) is 9.59 Å². The van der Waals surface area contributed by atoms with Crippen LogP contribution in [-0.4, -0.2) is 24.4 Å². The third-order valence-corrected chi connectivity index (χ3v) is 3.93. The Morgan fingerprint density at radius 1 is 1.08 bits per heavy atom. The Morgan fingerprint density at radius 3 is 2.44 bits per heavy atom. The van der Waals surface area contributed by atoms with Crippen LogP contribution in [0.15, 0.2) is 48.5 Å². The zero-order chi connectivity index (χ0) is 18.2. The molecule has 0 bridgehead atoms. The lowest BCUT2D eigenvalue weighted by Crippen LogP contribution is -2.31. The molecule has 0 aliphatic heterocycles. The highest BCUT2D eigenvalue weighted by molar-refractivity contribution is 6.30. The number of carbonyl (C=O) groups excluding carboxylic acids is 2. The van der Waals surface area contributed by atoms with E-state index in [0.717, 1.165) is 12.1 Å². The lowest BCUT2D eigenvalue weighted by molar-refractivity contribution is -0.114. The van der Waals surface area contributed by atoms with Crippen LogP contribution in [0.1, 0.15) is 30.6 Å². The molecular weight excluding hydrogens is 338 g/mol. The van der Waals surface area contributed by atoms with Crippen LogP contribution < -0.4 is 16.0 Å². The summed E-state index contributed by atoms with van der Waals surface area (Å²) in [6.45, 7) is 4.09. The van der Waals surface area contributed by atoms with Crippen LogP contribution in [0, 0.1) is 0 Å². The smallest absolute Gasteiger partial charge is 0.251 e. The van der Waals surface area contributed by atoms with Gasteiger partial charge in [0.15, 0.2) is 0 Å². The maximum Gasteiger partial charge on any atom is 0.251 e. The summed E-state index contributed by atoms with van der Waals surface area (Å²) in [5.41, 5.74) is 1.98. The first kappa shape index (κ1) is 18.8. The molecule has 132 valence electrons. The molecule has 6 heteroatoms. The first-order valence-electron chi connectivity index (χ1n) is 8.18. The van der Waals surface area contributed by atoms with Crippen LogP contribution in [0.5, 0.6) is 0 Å². The van der Waals surface area contributed by atoms with Crippen molar-refractivity contribution in [3.63, 3.8) is 0 Å². The molecule has 0 aliphatic carbocycles. The first-order valence-corrected chi connectivity index (χ1v) is 8.56. The van der Waals surface area contributed by atoms with Gasteiger partial charge in [0.25, 0.3) is 5.91 Å². The van der Waals surface area contributed by atoms with E-state index < -0.39 is 0 Å². The van der Waals surface area contributed by atoms with Gasteiger partial charge in [0.05, 0.1) is 6.54 Å². The number of amides is 2. The average molecular weight is 360 g/mol. The van der Waals surface area contributed by atoms with Gasteiger partial charge in [-0.1, -0.05) is 24.6 Å². The quantitative estimate of drug-likeness (QED) is 0.701. The van der Waals surface area contributed by atoms with Crippen LogP contribution in [0.4, 0.5) is 11.4 Å². The fourth-order valence-corrected chi connectivity index (χ4v) is 2.29. The maximum atomic E-state index is 12.0. The Morgan fingerprint density at radius 2 is 1.80 bits per heavy atom. The normalized spacial score (nSPS) is 11.5. The topological polar surface area (TPSA) is 70.2 Å². The van der Waals surface area contributed by atoms with E-state index in [1.54, 1.807) is 36.4 Å². The number of rotatable bonds is 7. The van der Waals surface area contributed by atoms with Crippen LogP contribution in [0.25, 0.3) is 0 Å². The highest BCUT2D eigenvalue weighted by Gasteiger charge is 2.09. The van der Waals surface area contributed by atoms with Crippen LogP contribution >= 0.6 is 11.6 Å². The molecule has 0 radical (unpaired) electrons. The second-order valence-electron chi connectivity index (χ2n) is 5.77. The van der Waals surface area contributed by atoms with Gasteiger partial charge >= 0.3 is 0 Å². The lowest BCUT2D eigenvalue weighted by Gasteiger charge is -2.12. The van der Waals surface area contributed by atoms with Gasteiger partial charge in [0, 0.05) is 28.0 Å². The SMILES string of the molecule is CCC(C)NC(=O)c1ccc(NC(=O)CNc2cccc(Cl)c2)cc1. The van der Waals surface area contributed by atoms with Crippen molar-refractivity contribution >= 4 is 34.8 Å². The summed E-state index contributed by atoms with van der Waals surface area (Å²) in [7, 11) is 0. The predicted octanol–water partition coefficient (Wildman–Crippen LogP) is 3.92. The number of anilines is 2. The van der Waals surface area contributed by atoms with Crippen molar-refractivity contribution in [2.45, 2.75) is 26.3 Å². The van der Waals surface area contributed by atoms with Gasteiger partial charge in [0.2, 0.25) is 5.91 Å². The Kier molecular flexibility index (Phi) is 6.83. The van der Waals surface area contributed by atoms with E-state index in [9.17, 15) is 9.59 Å². The fourth-order valence-electron chi connectivity index (χ4n) is 2.10. The summed E-state index contributed by atoms with van der Waals surface area (Å²) in [6, 6.07) is 14.1. The molecule has 0 fully saturated rings. The summed E-state index contributed by atoms with van der Waals surface area (Å²) < 4.78 is 0. The van der Waals surface area contributed by atoms with Gasteiger partial charge in [0.1, 0.15) is 0 Å². The molecule has 5 nitrogen and oxygen atoms in total. The summed E-state index contributed by atoms with van der Waals surface area (Å²) in [5.74, 6) is -0.299. The van der Waals surface area contributed by atoms with E-state index in [2.05, 4.69) is 16.0 Å². The highest BCUT2D eigenvalue weighted by Crippen LogP contribution is 2.15. The number of benzene rings is 2. The minimum absolute atomic E-state index is 0.116. The standard InChI is InChI=1S/C19H22ClN3O2/c1-3-13(2)22-19(25)14-7-9-16(10-8-14)23-18(24)12-21-17-6-4-5-15(20)11-17/h4-11,13,21H,3,12H2,1-2H3,(H,22,25)(H,23,24). The molecule has 0 aromatic heterocycles. The second kappa shape index (κ2) is 9.08. The number of hydrogen-bond donors (Lipinski definition) is 3. The van der Waals surface area contributed by atoms with Crippen molar-refractivity contribution in [2.24, 2.45) is 0 Å². The third kappa shape index (κ3) is 6.12. The van der Waals surface area contributed by atoms with Crippen LogP contribution in [0.3, 0.4) is 0 Å². The van der Waals surface area contributed by atoms with Gasteiger partial charge in [-0.25, -0.2) is 0 Å². The minimum Gasteiger partial charge on any atom is -0.376 e. The molecule has 2 amide bonds. The zero-order valence-corrected chi connectivity index (χ0v) is 15.1. The predicted molar refractivity (Wildman–Crippen MR) is 102 cm³/mol. The Labute approximate surface area is 152 Å². The number of halogens is 1. The van der Waals surface area contributed by atoms with E-state index >= 15 is 0 Å². The number of carbonyl (C=O) groups is 2. The molecule has 2 rings (SSSR count). The summed E-state index contributed by atoms with van der Waals surface area (Å²) in [4.78, 5) is 24.0. The third-order valence-electron chi connectivity index (χ3n) is 3.70. The second-order valence-corrected chi connectivity index (χ2v) is 6.21. The molecule has 0 spiro atoms. The van der Waals surface area contributed by atoms with Crippen molar-refractivity contribution < 1.29 is 9.59 Å². The molecule has 1 atom stereocenters. The van der Waals surface area contributed by atoms with E-state index in [1.165, 1.54) is 0 Å². The molecule has 0 saturated carbocycles. The molecular formula is C19H22ClN3O2. The van der Waals surface area contributed by atoms with Gasteiger partial charge in [-0.15, -0.1) is 0 Å². The van der Waals surface area contributed by atoms with Crippen LogP contribution in [0.2, 0.25) is 5.02 Å². The van der Waals surface area contributed by atoms with Crippen molar-refractivity contribution in [3.8, 4) is 0 Å². The molecule has 2 aromatic carbocycles. The molecule has 3 N–H and O–H groups in total. The first-order chi connectivity index (χ1) is 12.0. The Balaban J connectivity index is 1.85. The highest BCUT2D eigenvalue weighted by atomic mass is 35.5. The average Bonchev–Trinajstić information content (AvgIpc) is 2.60. The van der Waals surface area contributed by atoms with E-state index in [1.807, 2.05) is 26.0 Å². The molecule has 25 heavy (non-hydrogen) atoms. The van der Waals surface area contributed by atoms with Crippen LogP contribution in [-0.2, 0) is 4.79 Å². The van der Waals surface area contributed by atoms with Crippen molar-refractivity contribution in [2.75, 3.05) is 17.2 Å². The molecule has 2 aromatic rings. The summed E-state index contributed by atoms with van der Waals surface area (Å²) in [6.07, 6.45) is 0.875. The van der Waals surface area contributed by atoms with E-state index in [4.69, 9.17) is 11.6 Å². The van der Waals surface area contributed by atoms with Gasteiger partial charge in [-0.2, -0.15) is 0 Å². The monoisotopic (exact) mass is 359 g/mol. The molecule has 0 saturated heterocycles. The zero-order valence-electron chi connectivity index (χ0n) is 14.3. The van der Waals surface area contributed by atoms with Crippen molar-refractivity contribution in [1.29, 1.82) is 0 Å². The lowest BCUT2D eigenvalue weighted by atomic mass is 10.1. The number of hydrogen-bond acceptors (Lipinski definition) is 3. The molecule has 0 aliphatic rings. The fraction of sp³-hybridized carbons (Fsp3) is 0.263. The molecule has 1 unspecified atom stereocenters. The van der Waals surface area contributed by atoms with E-state index in [0.29, 0.717) is 16.3 Å². The summed E-state index contributed by atoms with van der Waals surface area (Å²) in [5, 5.41) is 9.29. The van der Waals surface area contributed by atoms with Gasteiger partial charge in [-0.05, 0) is 55.8 Å². The maximum absolute atomic E-state index is 12.0. The Hall–Kier alpha value is -2.53. The molecule has 0 heterocycles. The van der Waals surface area contributed by atoms with Crippen molar-refractivity contribution in [3.05, 3.63) is 59.1 Å². The minimum atomic E-state index is -0.184. The Bertz CT molecular complexity index is 732. The van der Waals surface area contributed by atoms with Crippen molar-refractivity contribution in [1.82, 2.24) is 5.32 Å².